The second-order valence-corrected chi connectivity index (χ2v) is 6.10. The quantitative estimate of drug-likeness (QED) is 0.637. The molecule has 0 amide bonds. The summed E-state index contributed by atoms with van der Waals surface area (Å²) in [5.41, 5.74) is 6.32. The highest BCUT2D eigenvalue weighted by Gasteiger charge is 2.30. The van der Waals surface area contributed by atoms with Crippen LogP contribution in [-0.2, 0) is 6.18 Å². The SMILES string of the molecule is N#Cc1cc(N)n(-c2c(Cl)ccc(-c3ccc(C(F)(F)F)cc3)c2Cl)n1. The third-order valence-electron chi connectivity index (χ3n) is 3.65. The lowest BCUT2D eigenvalue weighted by Crippen LogP contribution is -2.05. The molecule has 0 saturated heterocycles. The summed E-state index contributed by atoms with van der Waals surface area (Å²) in [7, 11) is 0. The molecule has 0 spiro atoms. The van der Waals surface area contributed by atoms with Crippen molar-refractivity contribution in [3.63, 3.8) is 0 Å². The van der Waals surface area contributed by atoms with Gasteiger partial charge >= 0.3 is 6.18 Å². The first-order chi connectivity index (χ1) is 12.2. The van der Waals surface area contributed by atoms with Gasteiger partial charge in [0.05, 0.1) is 15.6 Å². The lowest BCUT2D eigenvalue weighted by Gasteiger charge is -2.14. The highest BCUT2D eigenvalue weighted by Crippen LogP contribution is 2.39. The fourth-order valence-corrected chi connectivity index (χ4v) is 3.07. The van der Waals surface area contributed by atoms with E-state index in [1.165, 1.54) is 28.9 Å². The van der Waals surface area contributed by atoms with Crippen LogP contribution < -0.4 is 5.73 Å². The smallest absolute Gasteiger partial charge is 0.384 e. The van der Waals surface area contributed by atoms with Crippen LogP contribution in [0.1, 0.15) is 11.3 Å². The molecule has 2 N–H and O–H groups in total. The van der Waals surface area contributed by atoms with Crippen molar-refractivity contribution < 1.29 is 13.2 Å². The molecule has 0 unspecified atom stereocenters. The zero-order chi connectivity index (χ0) is 19.1. The van der Waals surface area contributed by atoms with Gasteiger partial charge < -0.3 is 5.73 Å². The number of nitrogens with zero attached hydrogens (tertiary/aromatic N) is 3. The van der Waals surface area contributed by atoms with E-state index in [0.29, 0.717) is 11.1 Å². The highest BCUT2D eigenvalue weighted by molar-refractivity contribution is 6.39. The van der Waals surface area contributed by atoms with Crippen molar-refractivity contribution in [2.75, 3.05) is 5.73 Å². The summed E-state index contributed by atoms with van der Waals surface area (Å²) in [5, 5.41) is 13.3. The number of halogens is 5. The molecule has 1 heterocycles. The maximum atomic E-state index is 12.7. The molecule has 0 fully saturated rings. The summed E-state index contributed by atoms with van der Waals surface area (Å²) in [6, 6.07) is 10.9. The van der Waals surface area contributed by atoms with Crippen molar-refractivity contribution in [1.82, 2.24) is 9.78 Å². The van der Waals surface area contributed by atoms with E-state index in [2.05, 4.69) is 5.10 Å². The number of nitriles is 1. The van der Waals surface area contributed by atoms with Crippen LogP contribution >= 0.6 is 23.2 Å². The molecule has 0 aliphatic carbocycles. The molecular weight excluding hydrogens is 388 g/mol. The van der Waals surface area contributed by atoms with Gasteiger partial charge in [0.25, 0.3) is 0 Å². The topological polar surface area (TPSA) is 67.6 Å². The number of anilines is 1. The number of aromatic nitrogens is 2. The second kappa shape index (κ2) is 6.56. The van der Waals surface area contributed by atoms with Gasteiger partial charge in [-0.2, -0.15) is 23.5 Å². The van der Waals surface area contributed by atoms with Crippen LogP contribution in [0.3, 0.4) is 0 Å². The lowest BCUT2D eigenvalue weighted by molar-refractivity contribution is -0.137. The Bertz CT molecular complexity index is 1020. The maximum Gasteiger partial charge on any atom is 0.416 e. The van der Waals surface area contributed by atoms with Crippen LogP contribution in [0.5, 0.6) is 0 Å². The van der Waals surface area contributed by atoms with Gasteiger partial charge in [-0.15, -0.1) is 0 Å². The van der Waals surface area contributed by atoms with Crippen molar-refractivity contribution in [2.24, 2.45) is 0 Å². The Morgan fingerprint density at radius 2 is 1.73 bits per heavy atom. The molecule has 0 radical (unpaired) electrons. The molecule has 3 rings (SSSR count). The Balaban J connectivity index is 2.14. The summed E-state index contributed by atoms with van der Waals surface area (Å²) in [4.78, 5) is 0. The van der Waals surface area contributed by atoms with Gasteiger partial charge in [0.15, 0.2) is 5.69 Å². The highest BCUT2D eigenvalue weighted by atomic mass is 35.5. The summed E-state index contributed by atoms with van der Waals surface area (Å²) in [6.07, 6.45) is -4.43. The summed E-state index contributed by atoms with van der Waals surface area (Å²) >= 11 is 12.6. The van der Waals surface area contributed by atoms with Gasteiger partial charge in [-0.25, -0.2) is 4.68 Å². The first-order valence-electron chi connectivity index (χ1n) is 7.14. The van der Waals surface area contributed by atoms with E-state index in [1.807, 2.05) is 6.07 Å². The molecule has 1 aromatic heterocycles. The lowest BCUT2D eigenvalue weighted by atomic mass is 10.0. The van der Waals surface area contributed by atoms with Crippen molar-refractivity contribution in [3.8, 4) is 22.9 Å². The number of rotatable bonds is 2. The summed E-state index contributed by atoms with van der Waals surface area (Å²) < 4.78 is 39.4. The molecule has 3 aromatic rings. The Labute approximate surface area is 156 Å². The first-order valence-corrected chi connectivity index (χ1v) is 7.89. The number of nitrogen functional groups attached to an aromatic ring is 1. The zero-order valence-corrected chi connectivity index (χ0v) is 14.4. The second-order valence-electron chi connectivity index (χ2n) is 5.31. The summed E-state index contributed by atoms with van der Waals surface area (Å²) in [6.45, 7) is 0. The maximum absolute atomic E-state index is 12.7. The van der Waals surface area contributed by atoms with Gasteiger partial charge in [-0.05, 0) is 23.8 Å². The van der Waals surface area contributed by atoms with E-state index < -0.39 is 11.7 Å². The van der Waals surface area contributed by atoms with Crippen LogP contribution in [0.2, 0.25) is 10.0 Å². The standard InChI is InChI=1S/C17H9Cl2F3N4/c18-13-6-5-12(9-1-3-10(4-2-9)17(20,21)22)15(19)16(13)26-14(24)7-11(8-23)25-26/h1-7H,24H2. The zero-order valence-electron chi connectivity index (χ0n) is 12.9. The molecule has 9 heteroatoms. The normalized spacial score (nSPS) is 11.4. The van der Waals surface area contributed by atoms with E-state index >= 15 is 0 Å². The minimum absolute atomic E-state index is 0.0783. The fraction of sp³-hybridized carbons (Fsp3) is 0.0588. The largest absolute Gasteiger partial charge is 0.416 e. The molecule has 4 nitrogen and oxygen atoms in total. The molecule has 0 atom stereocenters. The Morgan fingerprint density at radius 3 is 2.27 bits per heavy atom. The Morgan fingerprint density at radius 1 is 1.08 bits per heavy atom. The number of benzene rings is 2. The monoisotopic (exact) mass is 396 g/mol. The average Bonchev–Trinajstić information content (AvgIpc) is 2.95. The van der Waals surface area contributed by atoms with E-state index in [1.54, 1.807) is 6.07 Å². The molecule has 0 bridgehead atoms. The van der Waals surface area contributed by atoms with Crippen molar-refractivity contribution in [2.45, 2.75) is 6.18 Å². The van der Waals surface area contributed by atoms with Crippen LogP contribution in [0.25, 0.3) is 16.8 Å². The first kappa shape index (κ1) is 18.1. The van der Waals surface area contributed by atoms with Crippen LogP contribution in [0.4, 0.5) is 19.0 Å². The Kier molecular flexibility index (Phi) is 4.57. The van der Waals surface area contributed by atoms with Crippen LogP contribution in [0, 0.1) is 11.3 Å². The third-order valence-corrected chi connectivity index (χ3v) is 4.34. The predicted molar refractivity (Wildman–Crippen MR) is 93.1 cm³/mol. The molecule has 132 valence electrons. The number of hydrogen-bond acceptors (Lipinski definition) is 3. The van der Waals surface area contributed by atoms with Gasteiger partial charge in [0.2, 0.25) is 0 Å². The van der Waals surface area contributed by atoms with Crippen LogP contribution in [-0.4, -0.2) is 9.78 Å². The molecule has 0 saturated carbocycles. The Hall–Kier alpha value is -2.69. The number of hydrogen-bond donors (Lipinski definition) is 1. The van der Waals surface area contributed by atoms with Gasteiger partial charge in [0.1, 0.15) is 17.6 Å². The number of nitrogens with two attached hydrogens (primary N) is 1. The van der Waals surface area contributed by atoms with E-state index in [-0.39, 0.29) is 27.2 Å². The molecule has 0 aliphatic heterocycles. The molecular formula is C17H9Cl2F3N4. The summed E-state index contributed by atoms with van der Waals surface area (Å²) in [5.74, 6) is 0.148. The van der Waals surface area contributed by atoms with E-state index in [4.69, 9.17) is 34.2 Å². The van der Waals surface area contributed by atoms with Gasteiger partial charge in [0, 0.05) is 11.6 Å². The minimum atomic E-state index is -4.43. The van der Waals surface area contributed by atoms with Crippen molar-refractivity contribution in [1.29, 1.82) is 5.26 Å². The molecule has 0 aliphatic rings. The molecule has 26 heavy (non-hydrogen) atoms. The van der Waals surface area contributed by atoms with Crippen molar-refractivity contribution >= 4 is 29.0 Å². The average molecular weight is 397 g/mol. The van der Waals surface area contributed by atoms with E-state index in [9.17, 15) is 13.2 Å². The molecule has 2 aromatic carbocycles. The van der Waals surface area contributed by atoms with Crippen LogP contribution in [0.15, 0.2) is 42.5 Å². The minimum Gasteiger partial charge on any atom is -0.384 e. The van der Waals surface area contributed by atoms with Gasteiger partial charge in [-0.3, -0.25) is 0 Å². The van der Waals surface area contributed by atoms with Gasteiger partial charge in [-0.1, -0.05) is 41.4 Å². The third kappa shape index (κ3) is 3.21. The van der Waals surface area contributed by atoms with E-state index in [0.717, 1.165) is 12.1 Å². The fourth-order valence-electron chi connectivity index (χ4n) is 2.43. The predicted octanol–water partition coefficient (Wildman–Crippen LogP) is 5.32. The van der Waals surface area contributed by atoms with Crippen molar-refractivity contribution in [3.05, 3.63) is 63.8 Å². The number of alkyl halides is 3.